The summed E-state index contributed by atoms with van der Waals surface area (Å²) in [7, 11) is 0. The van der Waals surface area contributed by atoms with Crippen LogP contribution in [0.1, 0.15) is 24.5 Å². The Balaban J connectivity index is 1.26. The molecule has 1 aromatic heterocycles. The van der Waals surface area contributed by atoms with Crippen LogP contribution in [0.4, 0.5) is 14.6 Å². The number of ether oxygens (including phenoxy) is 2. The van der Waals surface area contributed by atoms with Crippen LogP contribution < -0.4 is 4.90 Å². The maximum Gasteiger partial charge on any atom is 0.248 e. The van der Waals surface area contributed by atoms with Crippen molar-refractivity contribution in [1.82, 2.24) is 9.88 Å². The number of nitriles is 1. The predicted octanol–water partition coefficient (Wildman–Crippen LogP) is 2.60. The van der Waals surface area contributed by atoms with Gasteiger partial charge in [0.15, 0.2) is 11.6 Å². The van der Waals surface area contributed by atoms with E-state index in [1.807, 2.05) is 11.0 Å². The lowest BCUT2D eigenvalue weighted by Gasteiger charge is -2.44. The van der Waals surface area contributed by atoms with Gasteiger partial charge in [-0.3, -0.25) is 4.79 Å². The third-order valence-electron chi connectivity index (χ3n) is 6.97. The van der Waals surface area contributed by atoms with Crippen LogP contribution in [-0.4, -0.2) is 60.8 Å². The minimum atomic E-state index is -0.952. The maximum absolute atomic E-state index is 13.7. The minimum absolute atomic E-state index is 0.125. The van der Waals surface area contributed by atoms with Crippen LogP contribution in [0.5, 0.6) is 0 Å². The van der Waals surface area contributed by atoms with E-state index in [2.05, 4.69) is 22.9 Å². The van der Waals surface area contributed by atoms with Gasteiger partial charge in [-0.05, 0) is 42.2 Å². The van der Waals surface area contributed by atoms with Crippen molar-refractivity contribution < 1.29 is 23.0 Å². The quantitative estimate of drug-likeness (QED) is 0.691. The summed E-state index contributed by atoms with van der Waals surface area (Å²) >= 11 is 0. The van der Waals surface area contributed by atoms with Gasteiger partial charge in [-0.2, -0.15) is 5.26 Å². The van der Waals surface area contributed by atoms with Gasteiger partial charge < -0.3 is 19.3 Å². The molecule has 7 nitrogen and oxygen atoms in total. The molecule has 2 unspecified atom stereocenters. The average molecular weight is 454 g/mol. The number of anilines is 1. The van der Waals surface area contributed by atoms with Crippen molar-refractivity contribution in [2.45, 2.75) is 31.0 Å². The first kappa shape index (κ1) is 21.7. The van der Waals surface area contributed by atoms with Gasteiger partial charge in [0.2, 0.25) is 5.91 Å². The molecule has 0 N–H and O–H groups in total. The summed E-state index contributed by atoms with van der Waals surface area (Å²) in [5.41, 5.74) is 0.0379. The lowest BCUT2D eigenvalue weighted by atomic mass is 9.91. The molecule has 2 aromatic rings. The molecule has 3 aliphatic rings. The molecule has 0 saturated carbocycles. The van der Waals surface area contributed by atoms with Gasteiger partial charge in [0.25, 0.3) is 0 Å². The number of benzene rings is 1. The van der Waals surface area contributed by atoms with E-state index in [1.54, 1.807) is 12.3 Å². The Labute approximate surface area is 190 Å². The number of amides is 1. The molecule has 0 spiro atoms. The van der Waals surface area contributed by atoms with Crippen molar-refractivity contribution in [3.8, 4) is 6.07 Å². The van der Waals surface area contributed by atoms with Crippen LogP contribution in [0.15, 0.2) is 36.5 Å². The van der Waals surface area contributed by atoms with Crippen molar-refractivity contribution in [2.75, 3.05) is 37.8 Å². The SMILES string of the molecule is C[C@H]1CC2CN(C(=O)COC3(c4ccc(F)c(F)c4)COC3)CC1N2c1ccc(C#N)cn1. The van der Waals surface area contributed by atoms with Crippen LogP contribution in [0.25, 0.3) is 0 Å². The number of fused-ring (bicyclic) bond motifs is 2. The molecule has 4 heterocycles. The molecule has 0 aliphatic carbocycles. The Bertz CT molecular complexity index is 1100. The summed E-state index contributed by atoms with van der Waals surface area (Å²) in [5, 5.41) is 9.02. The van der Waals surface area contributed by atoms with Crippen LogP contribution in [-0.2, 0) is 19.9 Å². The van der Waals surface area contributed by atoms with Crippen molar-refractivity contribution in [2.24, 2.45) is 5.92 Å². The first-order chi connectivity index (χ1) is 15.9. The van der Waals surface area contributed by atoms with Gasteiger partial charge in [-0.25, -0.2) is 13.8 Å². The average Bonchev–Trinajstić information content (AvgIpc) is 2.99. The Morgan fingerprint density at radius 3 is 2.70 bits per heavy atom. The topological polar surface area (TPSA) is 78.7 Å². The summed E-state index contributed by atoms with van der Waals surface area (Å²) in [5.74, 6) is -0.808. The monoisotopic (exact) mass is 454 g/mol. The zero-order valence-corrected chi connectivity index (χ0v) is 18.2. The standard InChI is InChI=1S/C24H24F2N4O3/c1-15-6-18-10-29(11-21(15)30(18)22-5-2-16(8-27)9-28-22)23(31)12-33-24(13-32-14-24)17-3-4-19(25)20(26)7-17/h2-5,7,9,15,18,21H,6,10-14H2,1H3/t15-,18?,21?/m0/s1. The van der Waals surface area contributed by atoms with E-state index in [-0.39, 0.29) is 37.8 Å². The summed E-state index contributed by atoms with van der Waals surface area (Å²) in [6.07, 6.45) is 2.52. The first-order valence-electron chi connectivity index (χ1n) is 11.0. The van der Waals surface area contributed by atoms with Crippen LogP contribution in [0.2, 0.25) is 0 Å². The van der Waals surface area contributed by atoms with E-state index >= 15 is 0 Å². The molecule has 5 rings (SSSR count). The molecule has 33 heavy (non-hydrogen) atoms. The molecular formula is C24H24F2N4O3. The zero-order chi connectivity index (χ0) is 23.2. The Morgan fingerprint density at radius 2 is 2.09 bits per heavy atom. The van der Waals surface area contributed by atoms with Gasteiger partial charge in [0.1, 0.15) is 24.1 Å². The van der Waals surface area contributed by atoms with E-state index < -0.39 is 17.2 Å². The predicted molar refractivity (Wildman–Crippen MR) is 114 cm³/mol. The highest BCUT2D eigenvalue weighted by molar-refractivity contribution is 5.78. The smallest absolute Gasteiger partial charge is 0.248 e. The molecule has 9 heteroatoms. The third kappa shape index (κ3) is 3.83. The number of piperazine rings is 1. The highest BCUT2D eigenvalue weighted by Gasteiger charge is 2.47. The molecule has 172 valence electrons. The summed E-state index contributed by atoms with van der Waals surface area (Å²) in [6, 6.07) is 9.60. The number of hydrogen-bond acceptors (Lipinski definition) is 6. The van der Waals surface area contributed by atoms with Gasteiger partial charge in [0.05, 0.1) is 24.8 Å². The van der Waals surface area contributed by atoms with Gasteiger partial charge >= 0.3 is 0 Å². The van der Waals surface area contributed by atoms with Gasteiger partial charge in [-0.1, -0.05) is 13.0 Å². The number of halogens is 2. The maximum atomic E-state index is 13.7. The number of rotatable bonds is 5. The lowest BCUT2D eigenvalue weighted by molar-refractivity contribution is -0.218. The van der Waals surface area contributed by atoms with Crippen LogP contribution >= 0.6 is 0 Å². The number of nitrogens with zero attached hydrogens (tertiary/aromatic N) is 4. The van der Waals surface area contributed by atoms with E-state index in [0.717, 1.165) is 24.4 Å². The number of aromatic nitrogens is 1. The summed E-state index contributed by atoms with van der Waals surface area (Å²) < 4.78 is 38.3. The van der Waals surface area contributed by atoms with E-state index in [9.17, 15) is 13.6 Å². The number of carbonyl (C=O) groups excluding carboxylic acids is 1. The van der Waals surface area contributed by atoms with Crippen molar-refractivity contribution in [3.63, 3.8) is 0 Å². The first-order valence-corrected chi connectivity index (χ1v) is 11.0. The third-order valence-corrected chi connectivity index (χ3v) is 6.97. The number of carbonyl (C=O) groups is 1. The highest BCUT2D eigenvalue weighted by Crippen LogP contribution is 2.38. The van der Waals surface area contributed by atoms with Crippen molar-refractivity contribution in [3.05, 3.63) is 59.3 Å². The molecular weight excluding hydrogens is 430 g/mol. The lowest BCUT2D eigenvalue weighted by Crippen LogP contribution is -2.58. The van der Waals surface area contributed by atoms with Crippen LogP contribution in [0.3, 0.4) is 0 Å². The minimum Gasteiger partial charge on any atom is -0.375 e. The molecule has 1 amide bonds. The molecule has 2 bridgehead atoms. The van der Waals surface area contributed by atoms with Gasteiger partial charge in [0, 0.05) is 25.3 Å². The molecule has 3 atom stereocenters. The molecule has 3 fully saturated rings. The zero-order valence-electron chi connectivity index (χ0n) is 18.2. The summed E-state index contributed by atoms with van der Waals surface area (Å²) in [4.78, 5) is 21.6. The molecule has 0 radical (unpaired) electrons. The Morgan fingerprint density at radius 1 is 1.27 bits per heavy atom. The second-order valence-corrected chi connectivity index (χ2v) is 9.06. The second-order valence-electron chi connectivity index (χ2n) is 9.06. The largest absolute Gasteiger partial charge is 0.375 e. The van der Waals surface area contributed by atoms with Crippen molar-refractivity contribution in [1.29, 1.82) is 5.26 Å². The number of likely N-dealkylation sites (tertiary alicyclic amines) is 1. The van der Waals surface area contributed by atoms with Crippen molar-refractivity contribution >= 4 is 11.7 Å². The van der Waals surface area contributed by atoms with Gasteiger partial charge in [-0.15, -0.1) is 0 Å². The normalized spacial score (nSPS) is 25.5. The van der Waals surface area contributed by atoms with E-state index in [4.69, 9.17) is 14.7 Å². The molecule has 3 saturated heterocycles. The van der Waals surface area contributed by atoms with E-state index in [0.29, 0.717) is 30.1 Å². The fourth-order valence-electron chi connectivity index (χ4n) is 5.09. The summed E-state index contributed by atoms with van der Waals surface area (Å²) in [6.45, 7) is 3.49. The molecule has 1 aromatic carbocycles. The van der Waals surface area contributed by atoms with Crippen LogP contribution in [0, 0.1) is 28.9 Å². The Hall–Kier alpha value is -3.09. The number of hydrogen-bond donors (Lipinski definition) is 0. The Kier molecular flexibility index (Phi) is 5.51. The fourth-order valence-corrected chi connectivity index (χ4v) is 5.09. The number of pyridine rings is 1. The molecule has 3 aliphatic heterocycles. The second kappa shape index (κ2) is 8.36. The van der Waals surface area contributed by atoms with E-state index in [1.165, 1.54) is 6.07 Å². The fraction of sp³-hybridized carbons (Fsp3) is 0.458. The highest BCUT2D eigenvalue weighted by atomic mass is 19.2.